The van der Waals surface area contributed by atoms with Crippen molar-refractivity contribution in [3.63, 3.8) is 0 Å². The number of benzene rings is 1. The summed E-state index contributed by atoms with van der Waals surface area (Å²) in [7, 11) is 0.0156. The Morgan fingerprint density at radius 2 is 1.70 bits per heavy atom. The number of piperazine rings is 2. The van der Waals surface area contributed by atoms with E-state index in [1.54, 1.807) is 32.9 Å². The number of hydrogen-bond donors (Lipinski definition) is 0. The highest BCUT2D eigenvalue weighted by Crippen LogP contribution is 2.29. The monoisotopic (exact) mass is 495 g/mol. The Kier molecular flexibility index (Phi) is 7.49. The number of nitrogens with zero attached hydrogens (tertiary/aromatic N) is 5. The van der Waals surface area contributed by atoms with Gasteiger partial charge in [-0.05, 0) is 25.2 Å². The van der Waals surface area contributed by atoms with Crippen LogP contribution >= 0.6 is 11.3 Å². The van der Waals surface area contributed by atoms with Crippen molar-refractivity contribution in [3.05, 3.63) is 40.3 Å². The van der Waals surface area contributed by atoms with Crippen LogP contribution in [-0.4, -0.2) is 104 Å². The van der Waals surface area contributed by atoms with Crippen molar-refractivity contribution in [1.29, 1.82) is 0 Å². The van der Waals surface area contributed by atoms with Crippen LogP contribution in [0.2, 0.25) is 0 Å². The summed E-state index contributed by atoms with van der Waals surface area (Å²) in [6.45, 7) is 4.01. The zero-order valence-corrected chi connectivity index (χ0v) is 20.5. The SMILES string of the molecule is COc1cc(C(=O)N2CCN(S(=O)(=O)N3CCN(C)CC3)CC2)ccc1OCc1cscn1. The van der Waals surface area contributed by atoms with Gasteiger partial charge >= 0.3 is 0 Å². The molecule has 2 saturated heterocycles. The minimum Gasteiger partial charge on any atom is -0.493 e. The highest BCUT2D eigenvalue weighted by Gasteiger charge is 2.35. The van der Waals surface area contributed by atoms with Crippen LogP contribution in [0.5, 0.6) is 11.5 Å². The Morgan fingerprint density at radius 3 is 2.30 bits per heavy atom. The van der Waals surface area contributed by atoms with E-state index in [2.05, 4.69) is 9.88 Å². The molecule has 2 aliphatic rings. The summed E-state index contributed by atoms with van der Waals surface area (Å²) in [6.07, 6.45) is 0. The van der Waals surface area contributed by atoms with Crippen LogP contribution in [0.4, 0.5) is 0 Å². The summed E-state index contributed by atoms with van der Waals surface area (Å²) in [5, 5.41) is 1.91. The fraction of sp³-hybridized carbons (Fsp3) is 0.524. The summed E-state index contributed by atoms with van der Waals surface area (Å²) in [6, 6.07) is 5.08. The van der Waals surface area contributed by atoms with Gasteiger partial charge in [0.1, 0.15) is 6.61 Å². The molecule has 0 unspecified atom stereocenters. The van der Waals surface area contributed by atoms with Crippen molar-refractivity contribution in [2.75, 3.05) is 66.5 Å². The zero-order valence-electron chi connectivity index (χ0n) is 18.8. The molecule has 2 aromatic rings. The molecule has 0 spiro atoms. The van der Waals surface area contributed by atoms with E-state index < -0.39 is 10.2 Å². The van der Waals surface area contributed by atoms with Crippen LogP contribution in [0.15, 0.2) is 29.1 Å². The van der Waals surface area contributed by atoms with E-state index in [4.69, 9.17) is 9.47 Å². The van der Waals surface area contributed by atoms with Gasteiger partial charge in [0.05, 0.1) is 18.3 Å². The van der Waals surface area contributed by atoms with E-state index in [9.17, 15) is 13.2 Å². The summed E-state index contributed by atoms with van der Waals surface area (Å²) in [4.78, 5) is 21.0. The Balaban J connectivity index is 1.36. The predicted octanol–water partition coefficient (Wildman–Crippen LogP) is 0.981. The topological polar surface area (TPSA) is 95.5 Å². The van der Waals surface area contributed by atoms with Gasteiger partial charge in [-0.2, -0.15) is 17.0 Å². The molecule has 0 saturated carbocycles. The fourth-order valence-corrected chi connectivity index (χ4v) is 5.99. The molecule has 1 aromatic carbocycles. The summed E-state index contributed by atoms with van der Waals surface area (Å²) < 4.78 is 40.1. The molecule has 12 heteroatoms. The van der Waals surface area contributed by atoms with Gasteiger partial charge in [0.25, 0.3) is 16.1 Å². The first kappa shape index (κ1) is 23.9. The van der Waals surface area contributed by atoms with Crippen LogP contribution in [0.1, 0.15) is 16.1 Å². The second kappa shape index (κ2) is 10.3. The van der Waals surface area contributed by atoms with E-state index in [-0.39, 0.29) is 19.0 Å². The third-order valence-corrected chi connectivity index (χ3v) is 8.58. The lowest BCUT2D eigenvalue weighted by Crippen LogP contribution is -2.57. The molecule has 4 rings (SSSR count). The third kappa shape index (κ3) is 5.46. The van der Waals surface area contributed by atoms with E-state index in [0.29, 0.717) is 49.8 Å². The van der Waals surface area contributed by atoms with Crippen molar-refractivity contribution < 1.29 is 22.7 Å². The number of carbonyl (C=O) groups excluding carboxylic acids is 1. The lowest BCUT2D eigenvalue weighted by Gasteiger charge is -2.39. The molecule has 1 aromatic heterocycles. The largest absolute Gasteiger partial charge is 0.493 e. The molecule has 0 aliphatic carbocycles. The Bertz CT molecular complexity index is 1050. The van der Waals surface area contributed by atoms with Crippen molar-refractivity contribution in [2.45, 2.75) is 6.61 Å². The maximum absolute atomic E-state index is 13.1. The highest BCUT2D eigenvalue weighted by molar-refractivity contribution is 7.86. The fourth-order valence-electron chi connectivity index (χ4n) is 3.87. The van der Waals surface area contributed by atoms with Crippen LogP contribution in [0.3, 0.4) is 0 Å². The van der Waals surface area contributed by atoms with E-state index in [1.165, 1.54) is 22.8 Å². The quantitative estimate of drug-likeness (QED) is 0.565. The average molecular weight is 496 g/mol. The number of ether oxygens (including phenoxy) is 2. The summed E-state index contributed by atoms with van der Waals surface area (Å²) in [5.41, 5.74) is 3.04. The van der Waals surface area contributed by atoms with Gasteiger partial charge in [0.2, 0.25) is 0 Å². The molecule has 0 N–H and O–H groups in total. The smallest absolute Gasteiger partial charge is 0.282 e. The van der Waals surface area contributed by atoms with Crippen LogP contribution in [0, 0.1) is 0 Å². The number of likely N-dealkylation sites (N-methyl/N-ethyl adjacent to an activating group) is 1. The van der Waals surface area contributed by atoms with Crippen LogP contribution in [-0.2, 0) is 16.8 Å². The highest BCUT2D eigenvalue weighted by atomic mass is 32.2. The van der Waals surface area contributed by atoms with E-state index in [0.717, 1.165) is 18.8 Å². The van der Waals surface area contributed by atoms with Crippen molar-refractivity contribution in [1.82, 2.24) is 23.4 Å². The zero-order chi connectivity index (χ0) is 23.4. The number of amides is 1. The molecule has 180 valence electrons. The van der Waals surface area contributed by atoms with E-state index in [1.807, 2.05) is 12.4 Å². The molecule has 2 fully saturated rings. The van der Waals surface area contributed by atoms with Gasteiger partial charge in [-0.25, -0.2) is 4.98 Å². The summed E-state index contributed by atoms with van der Waals surface area (Å²) >= 11 is 1.50. The Labute approximate surface area is 198 Å². The second-order valence-corrected chi connectivity index (χ2v) is 10.7. The van der Waals surface area contributed by atoms with Gasteiger partial charge in [-0.1, -0.05) is 0 Å². The number of aromatic nitrogens is 1. The van der Waals surface area contributed by atoms with Gasteiger partial charge in [0.15, 0.2) is 11.5 Å². The molecular formula is C21H29N5O5S2. The third-order valence-electron chi connectivity index (χ3n) is 5.91. The molecule has 3 heterocycles. The van der Waals surface area contributed by atoms with Crippen LogP contribution < -0.4 is 9.47 Å². The molecular weight excluding hydrogens is 466 g/mol. The first-order valence-electron chi connectivity index (χ1n) is 10.8. The number of thiazole rings is 1. The van der Waals surface area contributed by atoms with Gasteiger partial charge in [0, 0.05) is 63.3 Å². The molecule has 33 heavy (non-hydrogen) atoms. The Morgan fingerprint density at radius 1 is 1.03 bits per heavy atom. The van der Waals surface area contributed by atoms with E-state index >= 15 is 0 Å². The van der Waals surface area contributed by atoms with Gasteiger partial charge in [-0.15, -0.1) is 11.3 Å². The first-order chi connectivity index (χ1) is 15.9. The number of hydrogen-bond acceptors (Lipinski definition) is 8. The molecule has 1 amide bonds. The molecule has 0 bridgehead atoms. The lowest BCUT2D eigenvalue weighted by atomic mass is 10.1. The maximum Gasteiger partial charge on any atom is 0.282 e. The first-order valence-corrected chi connectivity index (χ1v) is 13.1. The van der Waals surface area contributed by atoms with Crippen molar-refractivity contribution in [2.24, 2.45) is 0 Å². The minimum absolute atomic E-state index is 0.156. The molecule has 10 nitrogen and oxygen atoms in total. The van der Waals surface area contributed by atoms with Gasteiger partial charge in [-0.3, -0.25) is 4.79 Å². The predicted molar refractivity (Wildman–Crippen MR) is 125 cm³/mol. The van der Waals surface area contributed by atoms with Crippen molar-refractivity contribution in [3.8, 4) is 11.5 Å². The minimum atomic E-state index is -3.50. The maximum atomic E-state index is 13.1. The average Bonchev–Trinajstić information content (AvgIpc) is 3.36. The number of rotatable bonds is 7. The van der Waals surface area contributed by atoms with Gasteiger partial charge < -0.3 is 19.3 Å². The second-order valence-electron chi connectivity index (χ2n) is 8.04. The number of carbonyl (C=O) groups is 1. The number of methoxy groups -OCH3 is 1. The summed E-state index contributed by atoms with van der Waals surface area (Å²) in [5.74, 6) is 0.841. The normalized spacial score (nSPS) is 18.9. The molecule has 0 radical (unpaired) electrons. The van der Waals surface area contributed by atoms with Crippen LogP contribution in [0.25, 0.3) is 0 Å². The Hall–Kier alpha value is -2.25. The molecule has 2 aliphatic heterocycles. The van der Waals surface area contributed by atoms with Crippen molar-refractivity contribution >= 4 is 27.5 Å². The lowest BCUT2D eigenvalue weighted by molar-refractivity contribution is 0.0691. The standard InChI is InChI=1S/C21H29N5O5S2/c1-23-5-9-25(10-6-23)33(28,29)26-11-7-24(8-12-26)21(27)17-3-4-19(20(13-17)30-2)31-14-18-15-32-16-22-18/h3-4,13,15-16H,5-12,14H2,1-2H3. The molecule has 0 atom stereocenters.